The van der Waals surface area contributed by atoms with E-state index in [0.717, 1.165) is 38.8 Å². The first kappa shape index (κ1) is 40.1. The number of methoxy groups -OCH3 is 2. The Bertz CT molecular complexity index is 1910. The minimum Gasteiger partial charge on any atom is -0.496 e. The van der Waals surface area contributed by atoms with Gasteiger partial charge in [0.1, 0.15) is 27.8 Å². The predicted octanol–water partition coefficient (Wildman–Crippen LogP) is 6.86. The number of aliphatic carboxylic acids is 1. The summed E-state index contributed by atoms with van der Waals surface area (Å²) in [5.74, 6) is -0.333. The average Bonchev–Trinajstić information content (AvgIpc) is 3.07. The fourth-order valence-corrected chi connectivity index (χ4v) is 6.75. The van der Waals surface area contributed by atoms with E-state index in [9.17, 15) is 35.8 Å². The first-order valence-corrected chi connectivity index (χ1v) is 19.1. The highest BCUT2D eigenvalue weighted by Gasteiger charge is 2.20. The number of ether oxygens (including phenoxy) is 2. The number of anilines is 2. The number of benzene rings is 3. The van der Waals surface area contributed by atoms with Crippen LogP contribution in [0.5, 0.6) is 11.5 Å². The van der Waals surface area contributed by atoms with Gasteiger partial charge in [0.05, 0.1) is 14.2 Å². The number of hydrogen-bond acceptors (Lipinski definition) is 9. The highest BCUT2D eigenvalue weighted by molar-refractivity contribution is 7.86. The Labute approximate surface area is 295 Å². The molecule has 3 aromatic rings. The highest BCUT2D eigenvalue weighted by Crippen LogP contribution is 2.34. The van der Waals surface area contributed by atoms with Gasteiger partial charge in [-0.05, 0) is 67.3 Å². The van der Waals surface area contributed by atoms with E-state index in [2.05, 4.69) is 18.7 Å². The van der Waals surface area contributed by atoms with E-state index in [1.807, 2.05) is 6.07 Å². The molecule has 0 unspecified atom stereocenters. The monoisotopic (exact) mass is 730 g/mol. The summed E-state index contributed by atoms with van der Waals surface area (Å²) >= 11 is 0. The van der Waals surface area contributed by atoms with E-state index in [1.54, 1.807) is 49.4 Å². The van der Waals surface area contributed by atoms with Gasteiger partial charge in [-0.2, -0.15) is 16.8 Å². The zero-order chi connectivity index (χ0) is 37.1. The fraction of sp³-hybridized carbons (Fsp3) is 0.361. The summed E-state index contributed by atoms with van der Waals surface area (Å²) in [4.78, 5) is 14.2. The minimum atomic E-state index is -4.68. The lowest BCUT2D eigenvalue weighted by Crippen LogP contribution is -2.29. The van der Waals surface area contributed by atoms with Crippen LogP contribution < -0.4 is 19.3 Å². The van der Waals surface area contributed by atoms with Crippen molar-refractivity contribution in [2.75, 3.05) is 50.2 Å². The van der Waals surface area contributed by atoms with Crippen molar-refractivity contribution in [1.29, 1.82) is 0 Å². The molecular formula is C36H46N2O10S2. The first-order valence-electron chi connectivity index (χ1n) is 16.2. The summed E-state index contributed by atoms with van der Waals surface area (Å²) in [7, 11) is -6.34. The zero-order valence-corrected chi connectivity index (χ0v) is 30.6. The molecule has 0 amide bonds. The number of unbranched alkanes of at least 4 members (excludes halogenated alkanes) is 2. The van der Waals surface area contributed by atoms with E-state index in [1.165, 1.54) is 43.4 Å². The number of hydrogen-bond donors (Lipinski definition) is 3. The number of nitrogens with zero attached hydrogens (tertiary/aromatic N) is 2. The Morgan fingerprint density at radius 1 is 0.660 bits per heavy atom. The first-order chi connectivity index (χ1) is 23.7. The molecule has 0 spiro atoms. The van der Waals surface area contributed by atoms with E-state index in [0.29, 0.717) is 40.5 Å². The van der Waals surface area contributed by atoms with Gasteiger partial charge in [0.2, 0.25) is 0 Å². The van der Waals surface area contributed by atoms with Gasteiger partial charge < -0.3 is 24.4 Å². The Kier molecular flexibility index (Phi) is 14.5. The van der Waals surface area contributed by atoms with Crippen LogP contribution in [0.4, 0.5) is 11.4 Å². The van der Waals surface area contributed by atoms with Crippen molar-refractivity contribution in [2.45, 2.75) is 56.2 Å². The summed E-state index contributed by atoms with van der Waals surface area (Å²) in [6, 6.07) is 12.5. The number of likely N-dealkylation sites (N-methyl/N-ethyl adjacent to an activating group) is 1. The van der Waals surface area contributed by atoms with E-state index >= 15 is 0 Å². The highest BCUT2D eigenvalue weighted by atomic mass is 32.2. The van der Waals surface area contributed by atoms with E-state index in [4.69, 9.17) is 9.47 Å². The van der Waals surface area contributed by atoms with Crippen LogP contribution >= 0.6 is 0 Å². The molecule has 14 heteroatoms. The zero-order valence-electron chi connectivity index (χ0n) is 29.0. The molecule has 0 atom stereocenters. The second-order valence-electron chi connectivity index (χ2n) is 11.5. The van der Waals surface area contributed by atoms with Crippen molar-refractivity contribution >= 4 is 61.9 Å². The molecule has 0 aliphatic heterocycles. The molecule has 0 heterocycles. The van der Waals surface area contributed by atoms with Gasteiger partial charge in [-0.25, -0.2) is 0 Å². The number of carboxylic acids is 1. The van der Waals surface area contributed by atoms with Crippen LogP contribution in [0.1, 0.15) is 68.7 Å². The van der Waals surface area contributed by atoms with Gasteiger partial charge in [-0.3, -0.25) is 13.9 Å². The lowest BCUT2D eigenvalue weighted by Gasteiger charge is -2.25. The average molecular weight is 731 g/mol. The molecule has 0 bridgehead atoms. The van der Waals surface area contributed by atoms with Crippen molar-refractivity contribution < 1.29 is 45.3 Å². The summed E-state index contributed by atoms with van der Waals surface area (Å²) in [5.41, 5.74) is 2.47. The number of carbonyl (C=O) groups is 1. The summed E-state index contributed by atoms with van der Waals surface area (Å²) in [6.07, 6.45) is 10.1. The third-order valence-corrected chi connectivity index (χ3v) is 9.84. The topological polar surface area (TPSA) is 171 Å². The van der Waals surface area contributed by atoms with Crippen LogP contribution in [-0.2, 0) is 25.0 Å². The molecule has 12 nitrogen and oxygen atoms in total. The Morgan fingerprint density at radius 2 is 1.06 bits per heavy atom. The van der Waals surface area contributed by atoms with Gasteiger partial charge in [-0.1, -0.05) is 63.1 Å². The van der Waals surface area contributed by atoms with Gasteiger partial charge in [0.15, 0.2) is 0 Å². The molecule has 0 aliphatic rings. The lowest BCUT2D eigenvalue weighted by atomic mass is 10.0. The predicted molar refractivity (Wildman–Crippen MR) is 197 cm³/mol. The Morgan fingerprint density at radius 3 is 1.40 bits per heavy atom. The molecule has 0 saturated heterocycles. The molecule has 0 saturated carbocycles. The molecule has 0 fully saturated rings. The second kappa shape index (κ2) is 18.0. The summed E-state index contributed by atoms with van der Waals surface area (Å²) < 4.78 is 80.9. The standard InChI is InChI=1S/C36H46N2O10S2/c1-6-9-19-38(20-10-7-2)31-18-16-27(35(24-31)50(44,45)46)12-14-29-22-32(47-4)28(21-33(29)48-5)13-11-26-15-17-30(23-34(26)49(41,42)43)37(8-3)25-36(39)40/h11-18,21-24H,6-10,19-20,25H2,1-5H3,(H,39,40)(H,41,42,43)(H,44,45,46)/b13-11+,14-12+. The van der Waals surface area contributed by atoms with E-state index in [-0.39, 0.29) is 22.6 Å². The molecule has 0 aromatic heterocycles. The number of rotatable bonds is 19. The van der Waals surface area contributed by atoms with Crippen LogP contribution in [-0.4, -0.2) is 77.4 Å². The quantitative estimate of drug-likeness (QED) is 0.0867. The normalized spacial score (nSPS) is 12.1. The smallest absolute Gasteiger partial charge is 0.323 e. The maximum Gasteiger partial charge on any atom is 0.323 e. The minimum absolute atomic E-state index is 0.150. The van der Waals surface area contributed by atoms with Gasteiger partial charge in [-0.15, -0.1) is 0 Å². The lowest BCUT2D eigenvalue weighted by molar-refractivity contribution is -0.135. The Balaban J connectivity index is 2.03. The van der Waals surface area contributed by atoms with Crippen molar-refractivity contribution in [3.05, 3.63) is 70.8 Å². The third-order valence-electron chi connectivity index (χ3n) is 8.02. The third kappa shape index (κ3) is 10.8. The van der Waals surface area contributed by atoms with Crippen LogP contribution in [0.3, 0.4) is 0 Å². The summed E-state index contributed by atoms with van der Waals surface area (Å²) in [5, 5.41) is 9.21. The SMILES string of the molecule is CCCCN(CCCC)c1ccc(/C=C/c2cc(OC)c(/C=C/c3ccc(N(CC)CC(=O)O)cc3S(=O)(=O)O)cc2OC)c(S(=O)(=O)O)c1. The maximum atomic E-state index is 12.5. The molecule has 0 radical (unpaired) electrons. The van der Waals surface area contributed by atoms with Crippen LogP contribution in [0.2, 0.25) is 0 Å². The molecule has 0 aliphatic carbocycles. The van der Waals surface area contributed by atoms with E-state index < -0.39 is 31.1 Å². The molecule has 3 rings (SSSR count). The number of carboxylic acid groups (broad SMARTS) is 1. The molecule has 3 N–H and O–H groups in total. The molecule has 50 heavy (non-hydrogen) atoms. The molecular weight excluding hydrogens is 685 g/mol. The summed E-state index contributed by atoms with van der Waals surface area (Å²) in [6.45, 7) is 7.38. The van der Waals surface area contributed by atoms with Crippen molar-refractivity contribution in [3.8, 4) is 11.5 Å². The van der Waals surface area contributed by atoms with Gasteiger partial charge in [0, 0.05) is 42.1 Å². The Hall–Kier alpha value is -4.37. The van der Waals surface area contributed by atoms with Crippen LogP contribution in [0, 0.1) is 0 Å². The van der Waals surface area contributed by atoms with Crippen molar-refractivity contribution in [1.82, 2.24) is 0 Å². The van der Waals surface area contributed by atoms with Gasteiger partial charge >= 0.3 is 5.97 Å². The van der Waals surface area contributed by atoms with Crippen LogP contribution in [0.15, 0.2) is 58.3 Å². The molecule has 3 aromatic carbocycles. The van der Waals surface area contributed by atoms with Crippen LogP contribution in [0.25, 0.3) is 24.3 Å². The second-order valence-corrected chi connectivity index (χ2v) is 14.3. The fourth-order valence-electron chi connectivity index (χ4n) is 5.34. The van der Waals surface area contributed by atoms with Crippen molar-refractivity contribution in [2.24, 2.45) is 0 Å². The van der Waals surface area contributed by atoms with Gasteiger partial charge in [0.25, 0.3) is 20.2 Å². The van der Waals surface area contributed by atoms with Crippen molar-refractivity contribution in [3.63, 3.8) is 0 Å². The molecule has 272 valence electrons. The maximum absolute atomic E-state index is 12.5. The largest absolute Gasteiger partial charge is 0.496 e.